The highest BCUT2D eigenvalue weighted by atomic mass is 35.5. The molecular weight excluding hydrogens is 477 g/mol. The highest BCUT2D eigenvalue weighted by Gasteiger charge is 2.38. The van der Waals surface area contributed by atoms with Crippen molar-refractivity contribution < 1.29 is 4.39 Å². The summed E-state index contributed by atoms with van der Waals surface area (Å²) in [7, 11) is 0. The zero-order valence-electron chi connectivity index (χ0n) is 20.0. The Morgan fingerprint density at radius 2 is 1.78 bits per heavy atom. The van der Waals surface area contributed by atoms with Gasteiger partial charge in [-0.05, 0) is 31.2 Å². The Hall–Kier alpha value is -3.07. The van der Waals surface area contributed by atoms with Crippen molar-refractivity contribution >= 4 is 45.0 Å². The van der Waals surface area contributed by atoms with Gasteiger partial charge in [-0.25, -0.2) is 9.37 Å². The molecule has 0 spiro atoms. The van der Waals surface area contributed by atoms with Gasteiger partial charge in [0.2, 0.25) is 5.95 Å². The highest BCUT2D eigenvalue weighted by Crippen LogP contribution is 2.38. The molecule has 3 saturated heterocycles. The lowest BCUT2D eigenvalue weighted by Crippen LogP contribution is -2.66. The molecule has 3 aliphatic heterocycles. The number of halogens is 2. The van der Waals surface area contributed by atoms with Crippen molar-refractivity contribution in [1.82, 2.24) is 20.3 Å². The molecule has 0 saturated carbocycles. The van der Waals surface area contributed by atoms with E-state index in [-0.39, 0.29) is 16.7 Å². The number of pyridine rings is 1. The van der Waals surface area contributed by atoms with Crippen molar-refractivity contribution in [2.45, 2.75) is 37.4 Å². The minimum Gasteiger partial charge on any atom is -0.353 e. The molecule has 184 valence electrons. The molecule has 4 aromatic rings. The molecule has 0 unspecified atom stereocenters. The largest absolute Gasteiger partial charge is 0.353 e. The van der Waals surface area contributed by atoms with Gasteiger partial charge in [0, 0.05) is 66.0 Å². The Bertz CT molecular complexity index is 1500. The summed E-state index contributed by atoms with van der Waals surface area (Å²) in [6, 6.07) is 12.2. The lowest BCUT2D eigenvalue weighted by molar-refractivity contribution is 0.360. The van der Waals surface area contributed by atoms with Crippen LogP contribution < -0.4 is 20.9 Å². The Kier molecular flexibility index (Phi) is 4.90. The van der Waals surface area contributed by atoms with Crippen LogP contribution in [-0.4, -0.2) is 58.8 Å². The quantitative estimate of drug-likeness (QED) is 0.435. The number of rotatable bonds is 3. The first kappa shape index (κ1) is 22.2. The van der Waals surface area contributed by atoms with Crippen LogP contribution in [0.4, 0.5) is 16.2 Å². The predicted octanol–water partition coefficient (Wildman–Crippen LogP) is 4.12. The molecule has 0 amide bonds. The van der Waals surface area contributed by atoms with Crippen molar-refractivity contribution in [3.63, 3.8) is 0 Å². The fourth-order valence-electron chi connectivity index (χ4n) is 6.03. The van der Waals surface area contributed by atoms with Gasteiger partial charge < -0.3 is 20.9 Å². The van der Waals surface area contributed by atoms with Crippen LogP contribution >= 0.6 is 11.6 Å². The fraction of sp³-hybridized carbons (Fsp3) is 0.370. The van der Waals surface area contributed by atoms with Crippen molar-refractivity contribution in [2.24, 2.45) is 5.73 Å². The standard InChI is InChI=1S/C27H27ClFN7/c1-27(30)13-36(14-27)26-33-24-19(25(34-26)35-11-16-8-9-17(12-35)32-16)10-31-23(22(24)29)18-6-2-4-15-5-3-7-20(28)21(15)18/h2-7,10,16-17,32H,8-9,11-14,30H2,1H3/t16-,17+. The molecule has 5 heterocycles. The predicted molar refractivity (Wildman–Crippen MR) is 142 cm³/mol. The maximum Gasteiger partial charge on any atom is 0.228 e. The van der Waals surface area contributed by atoms with E-state index in [1.807, 2.05) is 48.2 Å². The van der Waals surface area contributed by atoms with Crippen LogP contribution in [0.1, 0.15) is 19.8 Å². The third-order valence-corrected chi connectivity index (χ3v) is 7.98. The number of fused-ring (bicyclic) bond motifs is 4. The Morgan fingerprint density at radius 1 is 1.06 bits per heavy atom. The van der Waals surface area contributed by atoms with E-state index >= 15 is 4.39 Å². The van der Waals surface area contributed by atoms with Crippen LogP contribution in [0.25, 0.3) is 32.9 Å². The Morgan fingerprint density at radius 3 is 2.50 bits per heavy atom. The molecule has 0 radical (unpaired) electrons. The van der Waals surface area contributed by atoms with E-state index in [1.54, 1.807) is 6.20 Å². The summed E-state index contributed by atoms with van der Waals surface area (Å²) in [5.74, 6) is 0.796. The van der Waals surface area contributed by atoms with Crippen LogP contribution in [0.3, 0.4) is 0 Å². The number of piperazine rings is 1. The zero-order chi connectivity index (χ0) is 24.6. The monoisotopic (exact) mass is 503 g/mol. The second kappa shape index (κ2) is 7.96. The van der Waals surface area contributed by atoms with Crippen molar-refractivity contribution in [1.29, 1.82) is 0 Å². The molecule has 36 heavy (non-hydrogen) atoms. The van der Waals surface area contributed by atoms with Crippen molar-refractivity contribution in [3.8, 4) is 11.3 Å². The smallest absolute Gasteiger partial charge is 0.228 e. The minimum atomic E-state index is -0.459. The van der Waals surface area contributed by atoms with E-state index in [2.05, 4.69) is 15.2 Å². The summed E-state index contributed by atoms with van der Waals surface area (Å²) < 4.78 is 16.4. The maximum absolute atomic E-state index is 16.4. The number of benzene rings is 2. The highest BCUT2D eigenvalue weighted by molar-refractivity contribution is 6.36. The molecule has 3 fully saturated rings. The number of anilines is 2. The lowest BCUT2D eigenvalue weighted by atomic mass is 9.94. The van der Waals surface area contributed by atoms with Gasteiger partial charge in [0.25, 0.3) is 0 Å². The van der Waals surface area contributed by atoms with Gasteiger partial charge in [0.1, 0.15) is 17.0 Å². The average molecular weight is 504 g/mol. The summed E-state index contributed by atoms with van der Waals surface area (Å²) in [5, 5.41) is 6.56. The summed E-state index contributed by atoms with van der Waals surface area (Å²) >= 11 is 6.56. The summed E-state index contributed by atoms with van der Waals surface area (Å²) in [4.78, 5) is 18.6. The minimum absolute atomic E-state index is 0.240. The van der Waals surface area contributed by atoms with E-state index in [9.17, 15) is 0 Å². The third kappa shape index (κ3) is 3.50. The van der Waals surface area contributed by atoms with Gasteiger partial charge in [-0.3, -0.25) is 4.98 Å². The molecule has 2 atom stereocenters. The number of hydrogen-bond acceptors (Lipinski definition) is 7. The van der Waals surface area contributed by atoms with Crippen molar-refractivity contribution in [3.05, 3.63) is 53.4 Å². The molecule has 9 heteroatoms. The number of nitrogens with one attached hydrogen (secondary N) is 1. The van der Waals surface area contributed by atoms with Gasteiger partial charge >= 0.3 is 0 Å². The maximum atomic E-state index is 16.4. The third-order valence-electron chi connectivity index (χ3n) is 7.66. The number of hydrogen-bond donors (Lipinski definition) is 2. The van der Waals surface area contributed by atoms with Crippen LogP contribution in [-0.2, 0) is 0 Å². The normalized spacial score (nSPS) is 22.9. The molecule has 7 nitrogen and oxygen atoms in total. The molecular formula is C27H27ClFN7. The van der Waals surface area contributed by atoms with E-state index < -0.39 is 5.82 Å². The zero-order valence-corrected chi connectivity index (χ0v) is 20.8. The van der Waals surface area contributed by atoms with Crippen LogP contribution in [0.15, 0.2) is 42.6 Å². The first-order valence-corrected chi connectivity index (χ1v) is 12.8. The average Bonchev–Trinajstić information content (AvgIpc) is 3.19. The molecule has 7 rings (SSSR count). The molecule has 2 bridgehead atoms. The SMILES string of the molecule is CC1(N)CN(c2nc(N3C[C@H]4CC[C@@H](C3)N4)c3cnc(-c4cccc5cccc(Cl)c45)c(F)c3n2)C1. The topological polar surface area (TPSA) is 83.2 Å². The van der Waals surface area contributed by atoms with E-state index in [0.29, 0.717) is 47.1 Å². The van der Waals surface area contributed by atoms with Crippen LogP contribution in [0.2, 0.25) is 5.02 Å². The second-order valence-corrected chi connectivity index (χ2v) is 11.1. The first-order chi connectivity index (χ1) is 17.4. The number of aromatic nitrogens is 3. The fourth-order valence-corrected chi connectivity index (χ4v) is 6.31. The van der Waals surface area contributed by atoms with Crippen LogP contribution in [0, 0.1) is 5.82 Å². The molecule has 3 aliphatic rings. The van der Waals surface area contributed by atoms with Gasteiger partial charge in [-0.1, -0.05) is 41.9 Å². The van der Waals surface area contributed by atoms with E-state index in [0.717, 1.165) is 42.5 Å². The van der Waals surface area contributed by atoms with E-state index in [4.69, 9.17) is 27.3 Å². The van der Waals surface area contributed by atoms with Gasteiger partial charge in [-0.2, -0.15) is 4.98 Å². The summed E-state index contributed by atoms with van der Waals surface area (Å²) in [6.07, 6.45) is 4.01. The molecule has 2 aromatic heterocycles. The summed E-state index contributed by atoms with van der Waals surface area (Å²) in [5.41, 5.74) is 7.14. The lowest BCUT2D eigenvalue weighted by Gasteiger charge is -2.45. The Balaban J connectivity index is 1.42. The van der Waals surface area contributed by atoms with Crippen molar-refractivity contribution in [2.75, 3.05) is 36.0 Å². The second-order valence-electron chi connectivity index (χ2n) is 10.7. The number of nitrogens with zero attached hydrogens (tertiary/aromatic N) is 5. The Labute approximate surface area is 213 Å². The molecule has 2 aromatic carbocycles. The molecule has 3 N–H and O–H groups in total. The number of nitrogens with two attached hydrogens (primary N) is 1. The summed E-state index contributed by atoms with van der Waals surface area (Å²) in [6.45, 7) is 4.93. The van der Waals surface area contributed by atoms with Crippen LogP contribution in [0.5, 0.6) is 0 Å². The first-order valence-electron chi connectivity index (χ1n) is 12.4. The van der Waals surface area contributed by atoms with Gasteiger partial charge in [0.15, 0.2) is 5.82 Å². The van der Waals surface area contributed by atoms with Gasteiger partial charge in [-0.15, -0.1) is 0 Å². The van der Waals surface area contributed by atoms with Gasteiger partial charge in [0.05, 0.1) is 5.39 Å². The van der Waals surface area contributed by atoms with E-state index in [1.165, 1.54) is 0 Å². The molecule has 0 aliphatic carbocycles.